The zero-order valence-corrected chi connectivity index (χ0v) is 18.2. The number of rotatable bonds is 4. The van der Waals surface area contributed by atoms with Crippen molar-refractivity contribution in [3.8, 4) is 11.4 Å². The molecule has 2 aromatic heterocycles. The number of alkyl halides is 6. The zero-order valence-electron chi connectivity index (χ0n) is 18.2. The molecular formula is C22H18F8N6. The van der Waals surface area contributed by atoms with Crippen LogP contribution in [0.4, 0.5) is 35.1 Å². The molecule has 4 aromatic rings. The standard InChI is InChI=1S/2C11H9F4N3/c12-7-1-3-8(4-2-7)18-9(6-16)5-10(17-18)11(13,14)15;12-7-2-1-3-8(4-7)18-9(6-16)5-10(17-18)11(13,14)15/h2*1-5H,6,16H2. The molecule has 2 aromatic carbocycles. The van der Waals surface area contributed by atoms with Crippen molar-refractivity contribution in [1.29, 1.82) is 0 Å². The summed E-state index contributed by atoms with van der Waals surface area (Å²) in [6.07, 6.45) is -9.09. The topological polar surface area (TPSA) is 87.7 Å². The lowest BCUT2D eigenvalue weighted by Gasteiger charge is -2.05. The monoisotopic (exact) mass is 518 g/mol. The Morgan fingerprint density at radius 3 is 1.50 bits per heavy atom. The molecule has 0 bridgehead atoms. The average Bonchev–Trinajstić information content (AvgIpc) is 3.45. The summed E-state index contributed by atoms with van der Waals surface area (Å²) in [6.45, 7) is -0.222. The van der Waals surface area contributed by atoms with Gasteiger partial charge in [0, 0.05) is 13.1 Å². The molecular weight excluding hydrogens is 500 g/mol. The van der Waals surface area contributed by atoms with Crippen molar-refractivity contribution in [3.63, 3.8) is 0 Å². The molecule has 36 heavy (non-hydrogen) atoms. The first-order chi connectivity index (χ1) is 16.8. The number of nitrogens with zero attached hydrogens (tertiary/aromatic N) is 4. The third kappa shape index (κ3) is 6.26. The normalized spacial score (nSPS) is 11.8. The van der Waals surface area contributed by atoms with E-state index in [-0.39, 0.29) is 30.2 Å². The predicted molar refractivity (Wildman–Crippen MR) is 113 cm³/mol. The van der Waals surface area contributed by atoms with Gasteiger partial charge in [-0.1, -0.05) is 6.07 Å². The van der Waals surface area contributed by atoms with Gasteiger partial charge in [0.05, 0.1) is 22.8 Å². The van der Waals surface area contributed by atoms with Gasteiger partial charge in [0.15, 0.2) is 11.4 Å². The first-order valence-electron chi connectivity index (χ1n) is 10.1. The molecule has 0 radical (unpaired) electrons. The summed E-state index contributed by atoms with van der Waals surface area (Å²) < 4.78 is 103. The fourth-order valence-electron chi connectivity index (χ4n) is 3.04. The molecule has 0 spiro atoms. The Kier molecular flexibility index (Phi) is 7.79. The smallest absolute Gasteiger partial charge is 0.325 e. The molecule has 0 amide bonds. The van der Waals surface area contributed by atoms with E-state index in [1.54, 1.807) is 0 Å². The Labute approximate surface area is 198 Å². The van der Waals surface area contributed by atoms with Crippen LogP contribution in [0.25, 0.3) is 11.4 Å². The third-order valence-corrected chi connectivity index (χ3v) is 4.69. The number of nitrogens with two attached hydrogens (primary N) is 2. The predicted octanol–water partition coefficient (Wildman–Crippen LogP) is 4.98. The van der Waals surface area contributed by atoms with E-state index < -0.39 is 35.4 Å². The molecule has 0 aliphatic rings. The maximum Gasteiger partial charge on any atom is 0.435 e. The van der Waals surface area contributed by atoms with Crippen molar-refractivity contribution in [2.24, 2.45) is 11.5 Å². The summed E-state index contributed by atoms with van der Waals surface area (Å²) in [5, 5.41) is 6.85. The number of benzene rings is 2. The van der Waals surface area contributed by atoms with Gasteiger partial charge >= 0.3 is 12.4 Å². The Morgan fingerprint density at radius 2 is 1.08 bits per heavy atom. The van der Waals surface area contributed by atoms with Crippen molar-refractivity contribution in [2.75, 3.05) is 0 Å². The minimum atomic E-state index is -4.55. The molecule has 0 atom stereocenters. The maximum absolute atomic E-state index is 13.0. The van der Waals surface area contributed by atoms with Crippen LogP contribution in [0.2, 0.25) is 0 Å². The minimum absolute atomic E-state index is 0.0968. The fraction of sp³-hybridized carbons (Fsp3) is 0.182. The molecule has 2 heterocycles. The summed E-state index contributed by atoms with van der Waals surface area (Å²) in [4.78, 5) is 0. The maximum atomic E-state index is 13.0. The van der Waals surface area contributed by atoms with Gasteiger partial charge in [0.25, 0.3) is 0 Å². The van der Waals surface area contributed by atoms with Crippen LogP contribution < -0.4 is 11.5 Å². The van der Waals surface area contributed by atoms with Crippen LogP contribution in [-0.2, 0) is 25.4 Å². The molecule has 0 unspecified atom stereocenters. The van der Waals surface area contributed by atoms with Gasteiger partial charge in [0.1, 0.15) is 11.6 Å². The first kappa shape index (κ1) is 26.8. The van der Waals surface area contributed by atoms with Crippen molar-refractivity contribution in [2.45, 2.75) is 25.4 Å². The molecule has 0 aliphatic carbocycles. The molecule has 0 fully saturated rings. The van der Waals surface area contributed by atoms with Crippen LogP contribution >= 0.6 is 0 Å². The lowest BCUT2D eigenvalue weighted by atomic mass is 10.3. The van der Waals surface area contributed by atoms with Crippen LogP contribution in [0, 0.1) is 11.6 Å². The van der Waals surface area contributed by atoms with Gasteiger partial charge in [-0.15, -0.1) is 0 Å². The van der Waals surface area contributed by atoms with Crippen LogP contribution in [0.1, 0.15) is 22.8 Å². The third-order valence-electron chi connectivity index (χ3n) is 4.69. The van der Waals surface area contributed by atoms with Gasteiger partial charge in [-0.25, -0.2) is 18.1 Å². The van der Waals surface area contributed by atoms with Gasteiger partial charge < -0.3 is 11.5 Å². The van der Waals surface area contributed by atoms with Crippen LogP contribution in [0.3, 0.4) is 0 Å². The second kappa shape index (κ2) is 10.5. The van der Waals surface area contributed by atoms with Crippen LogP contribution in [0.5, 0.6) is 0 Å². The quantitative estimate of drug-likeness (QED) is 0.373. The van der Waals surface area contributed by atoms with Crippen molar-refractivity contribution < 1.29 is 35.1 Å². The summed E-state index contributed by atoms with van der Waals surface area (Å²) >= 11 is 0. The van der Waals surface area contributed by atoms with E-state index in [9.17, 15) is 35.1 Å². The molecule has 6 nitrogen and oxygen atoms in total. The second-order valence-electron chi connectivity index (χ2n) is 7.23. The average molecular weight is 518 g/mol. The Morgan fingerprint density at radius 1 is 0.611 bits per heavy atom. The van der Waals surface area contributed by atoms with Crippen molar-refractivity contribution in [1.82, 2.24) is 19.6 Å². The highest BCUT2D eigenvalue weighted by Gasteiger charge is 2.35. The van der Waals surface area contributed by atoms with E-state index in [0.29, 0.717) is 5.69 Å². The highest BCUT2D eigenvalue weighted by Crippen LogP contribution is 2.30. The number of aromatic nitrogens is 4. The van der Waals surface area contributed by atoms with E-state index in [1.165, 1.54) is 30.3 Å². The van der Waals surface area contributed by atoms with E-state index in [2.05, 4.69) is 10.2 Å². The lowest BCUT2D eigenvalue weighted by Crippen LogP contribution is -2.08. The molecule has 14 heteroatoms. The Hall–Kier alpha value is -3.78. The summed E-state index contributed by atoms with van der Waals surface area (Å²) in [7, 11) is 0. The SMILES string of the molecule is NCc1cc(C(F)(F)F)nn1-c1ccc(F)cc1.NCc1cc(C(F)(F)F)nn1-c1cccc(F)c1. The number of hydrogen-bond donors (Lipinski definition) is 2. The second-order valence-corrected chi connectivity index (χ2v) is 7.23. The van der Waals surface area contributed by atoms with E-state index >= 15 is 0 Å². The molecule has 4 rings (SSSR count). The van der Waals surface area contributed by atoms with Crippen LogP contribution in [0.15, 0.2) is 60.7 Å². The first-order valence-corrected chi connectivity index (χ1v) is 10.1. The summed E-state index contributed by atoms with van der Waals surface area (Å²) in [6, 6.07) is 11.8. The Bertz CT molecular complexity index is 1310. The largest absolute Gasteiger partial charge is 0.435 e. The van der Waals surface area contributed by atoms with Gasteiger partial charge in [0.2, 0.25) is 0 Å². The highest BCUT2D eigenvalue weighted by molar-refractivity contribution is 5.35. The highest BCUT2D eigenvalue weighted by atomic mass is 19.4. The van der Waals surface area contributed by atoms with Crippen molar-refractivity contribution >= 4 is 0 Å². The van der Waals surface area contributed by atoms with E-state index in [0.717, 1.165) is 39.7 Å². The van der Waals surface area contributed by atoms with Crippen molar-refractivity contribution in [3.05, 3.63) is 95.1 Å². The fourth-order valence-corrected chi connectivity index (χ4v) is 3.04. The molecule has 0 aliphatic heterocycles. The molecule has 192 valence electrons. The lowest BCUT2D eigenvalue weighted by molar-refractivity contribution is -0.142. The molecule has 4 N–H and O–H groups in total. The van der Waals surface area contributed by atoms with Gasteiger partial charge in [-0.3, -0.25) is 0 Å². The summed E-state index contributed by atoms with van der Waals surface area (Å²) in [5.41, 5.74) is 9.55. The van der Waals surface area contributed by atoms with E-state index in [1.807, 2.05) is 0 Å². The molecule has 0 saturated carbocycles. The Balaban J connectivity index is 0.000000201. The van der Waals surface area contributed by atoms with Gasteiger partial charge in [-0.05, 0) is 54.6 Å². The van der Waals surface area contributed by atoms with Crippen LogP contribution in [-0.4, -0.2) is 19.6 Å². The van der Waals surface area contributed by atoms with E-state index in [4.69, 9.17) is 11.5 Å². The zero-order chi connectivity index (χ0) is 26.7. The summed E-state index contributed by atoms with van der Waals surface area (Å²) in [5.74, 6) is -1.03. The number of hydrogen-bond acceptors (Lipinski definition) is 4. The minimum Gasteiger partial charge on any atom is -0.325 e. The number of halogens is 8. The molecule has 0 saturated heterocycles. The van der Waals surface area contributed by atoms with Gasteiger partial charge in [-0.2, -0.15) is 36.5 Å².